The van der Waals surface area contributed by atoms with E-state index in [0.717, 1.165) is 4.90 Å². The van der Waals surface area contributed by atoms with E-state index in [0.29, 0.717) is 12.0 Å². The lowest BCUT2D eigenvalue weighted by Gasteiger charge is -2.21. The molecule has 0 aromatic heterocycles. The van der Waals surface area contributed by atoms with Crippen LogP contribution in [0.15, 0.2) is 24.3 Å². The van der Waals surface area contributed by atoms with E-state index in [2.05, 4.69) is 0 Å². The molecule has 0 aliphatic carbocycles. The van der Waals surface area contributed by atoms with Crippen molar-refractivity contribution in [2.45, 2.75) is 18.6 Å². The van der Waals surface area contributed by atoms with Crippen molar-refractivity contribution in [1.29, 1.82) is 0 Å². The summed E-state index contributed by atoms with van der Waals surface area (Å²) in [4.78, 5) is 12.1. The molecule has 0 spiro atoms. The number of aliphatic hydroxyl groups is 1. The summed E-state index contributed by atoms with van der Waals surface area (Å²) in [7, 11) is 0. The van der Waals surface area contributed by atoms with Gasteiger partial charge in [-0.3, -0.25) is 4.90 Å². The fraction of sp³-hybridized carbons (Fsp3) is 0.364. The number of carboxylic acid groups (broad SMARTS) is 1. The van der Waals surface area contributed by atoms with Crippen molar-refractivity contribution in [3.8, 4) is 0 Å². The highest BCUT2D eigenvalue weighted by Crippen LogP contribution is 2.32. The maximum absolute atomic E-state index is 13.0. The van der Waals surface area contributed by atoms with Crippen LogP contribution in [0.4, 0.5) is 9.18 Å². The average Bonchev–Trinajstić information content (AvgIpc) is 2.60. The molecule has 2 rings (SSSR count). The van der Waals surface area contributed by atoms with Crippen LogP contribution in [0, 0.1) is 5.82 Å². The van der Waals surface area contributed by atoms with Gasteiger partial charge in [0.05, 0.1) is 18.7 Å². The molecule has 0 bridgehead atoms. The molecular formula is C11H12FNO3. The fourth-order valence-corrected chi connectivity index (χ4v) is 2.06. The van der Waals surface area contributed by atoms with Crippen LogP contribution in [0.3, 0.4) is 0 Å². The van der Waals surface area contributed by atoms with Gasteiger partial charge in [0.2, 0.25) is 0 Å². The minimum absolute atomic E-state index is 0.0799. The lowest BCUT2D eigenvalue weighted by atomic mass is 10.0. The number of hydrogen-bond acceptors (Lipinski definition) is 2. The summed E-state index contributed by atoms with van der Waals surface area (Å²) in [6.07, 6.45) is -1.45. The van der Waals surface area contributed by atoms with Crippen LogP contribution < -0.4 is 0 Å². The predicted molar refractivity (Wildman–Crippen MR) is 54.5 cm³/mol. The molecule has 86 valence electrons. The number of nitrogens with zero attached hydrogens (tertiary/aromatic N) is 1. The molecule has 1 aromatic rings. The summed E-state index contributed by atoms with van der Waals surface area (Å²) >= 11 is 0. The number of amides is 1. The molecule has 4 nitrogen and oxygen atoms in total. The van der Waals surface area contributed by atoms with Crippen molar-refractivity contribution in [2.24, 2.45) is 0 Å². The molecule has 0 radical (unpaired) electrons. The summed E-state index contributed by atoms with van der Waals surface area (Å²) in [5.74, 6) is -0.399. The molecule has 1 aromatic carbocycles. The van der Waals surface area contributed by atoms with Crippen LogP contribution in [0.5, 0.6) is 0 Å². The number of halogens is 1. The van der Waals surface area contributed by atoms with Gasteiger partial charge in [-0.15, -0.1) is 0 Å². The van der Waals surface area contributed by atoms with Crippen LogP contribution in [0.25, 0.3) is 0 Å². The number of rotatable bonds is 1. The Hall–Kier alpha value is -1.62. The largest absolute Gasteiger partial charge is 0.465 e. The van der Waals surface area contributed by atoms with E-state index >= 15 is 0 Å². The summed E-state index contributed by atoms with van der Waals surface area (Å²) < 4.78 is 13.0. The van der Waals surface area contributed by atoms with Crippen molar-refractivity contribution in [2.75, 3.05) is 6.54 Å². The number of hydrogen-bond donors (Lipinski definition) is 2. The first kappa shape index (κ1) is 10.9. The van der Waals surface area contributed by atoms with Crippen LogP contribution in [-0.2, 0) is 0 Å². The Morgan fingerprint density at radius 2 is 2.25 bits per heavy atom. The zero-order valence-electron chi connectivity index (χ0n) is 8.51. The topological polar surface area (TPSA) is 60.8 Å². The van der Waals surface area contributed by atoms with Gasteiger partial charge in [0.1, 0.15) is 5.82 Å². The van der Waals surface area contributed by atoms with Crippen molar-refractivity contribution in [3.05, 3.63) is 35.6 Å². The van der Waals surface area contributed by atoms with E-state index in [1.807, 2.05) is 0 Å². The molecule has 1 saturated heterocycles. The Morgan fingerprint density at radius 3 is 2.88 bits per heavy atom. The standard InChI is InChI=1S/C11H12FNO3/c12-8-3-1-2-7(4-8)10-5-9(14)6-13(10)11(15)16/h1-4,9-10,14H,5-6H2,(H,15,16). The van der Waals surface area contributed by atoms with Crippen molar-refractivity contribution < 1.29 is 19.4 Å². The molecular weight excluding hydrogens is 213 g/mol. The molecule has 1 aliphatic heterocycles. The minimum atomic E-state index is -1.09. The second-order valence-corrected chi connectivity index (χ2v) is 3.90. The maximum atomic E-state index is 13.0. The summed E-state index contributed by atoms with van der Waals surface area (Å²) in [6.45, 7) is 0.0799. The Labute approximate surface area is 91.9 Å². The molecule has 2 unspecified atom stereocenters. The summed E-state index contributed by atoms with van der Waals surface area (Å²) in [6, 6.07) is 5.36. The van der Waals surface area contributed by atoms with Gasteiger partial charge in [0.15, 0.2) is 0 Å². The molecule has 5 heteroatoms. The molecule has 1 amide bonds. The average molecular weight is 225 g/mol. The van der Waals surface area contributed by atoms with Crippen molar-refractivity contribution >= 4 is 6.09 Å². The quantitative estimate of drug-likeness (QED) is 0.763. The highest BCUT2D eigenvalue weighted by Gasteiger charge is 2.35. The Balaban J connectivity index is 2.28. The number of β-amino-alcohol motifs (C(OH)–C–C–N with tert-alkyl or cyclic N) is 1. The van der Waals surface area contributed by atoms with Crippen LogP contribution >= 0.6 is 0 Å². The Bertz CT molecular complexity index is 410. The Morgan fingerprint density at radius 1 is 1.50 bits per heavy atom. The van der Waals surface area contributed by atoms with Crippen molar-refractivity contribution in [1.82, 2.24) is 4.90 Å². The smallest absolute Gasteiger partial charge is 0.407 e. The first-order chi connectivity index (χ1) is 7.58. The van der Waals surface area contributed by atoms with E-state index < -0.39 is 24.1 Å². The normalized spacial score (nSPS) is 24.8. The highest BCUT2D eigenvalue weighted by molar-refractivity contribution is 5.66. The lowest BCUT2D eigenvalue weighted by molar-refractivity contribution is 0.131. The third-order valence-electron chi connectivity index (χ3n) is 2.76. The third kappa shape index (κ3) is 1.99. The van der Waals surface area contributed by atoms with Crippen LogP contribution in [0.1, 0.15) is 18.0 Å². The molecule has 16 heavy (non-hydrogen) atoms. The zero-order chi connectivity index (χ0) is 11.7. The third-order valence-corrected chi connectivity index (χ3v) is 2.76. The fourth-order valence-electron chi connectivity index (χ4n) is 2.06. The zero-order valence-corrected chi connectivity index (χ0v) is 8.51. The molecule has 2 atom stereocenters. The van der Waals surface area contributed by atoms with Gasteiger partial charge in [-0.2, -0.15) is 0 Å². The SMILES string of the molecule is O=C(O)N1CC(O)CC1c1cccc(F)c1. The van der Waals surface area contributed by atoms with E-state index in [4.69, 9.17) is 5.11 Å². The Kier molecular flexibility index (Phi) is 2.78. The number of likely N-dealkylation sites (tertiary alicyclic amines) is 1. The minimum Gasteiger partial charge on any atom is -0.465 e. The van der Waals surface area contributed by atoms with Gasteiger partial charge < -0.3 is 10.2 Å². The van der Waals surface area contributed by atoms with Gasteiger partial charge >= 0.3 is 6.09 Å². The number of carbonyl (C=O) groups is 1. The molecule has 1 fully saturated rings. The van der Waals surface area contributed by atoms with Crippen molar-refractivity contribution in [3.63, 3.8) is 0 Å². The van der Waals surface area contributed by atoms with Gasteiger partial charge in [0.25, 0.3) is 0 Å². The van der Waals surface area contributed by atoms with Crippen LogP contribution in [-0.4, -0.2) is 33.9 Å². The number of benzene rings is 1. The monoisotopic (exact) mass is 225 g/mol. The van der Waals surface area contributed by atoms with Gasteiger partial charge in [-0.05, 0) is 24.1 Å². The maximum Gasteiger partial charge on any atom is 0.407 e. The molecule has 1 heterocycles. The number of aliphatic hydroxyl groups excluding tert-OH is 1. The predicted octanol–water partition coefficient (Wildman–Crippen LogP) is 1.61. The van der Waals surface area contributed by atoms with E-state index in [1.165, 1.54) is 18.2 Å². The second-order valence-electron chi connectivity index (χ2n) is 3.90. The summed E-state index contributed by atoms with van der Waals surface area (Å²) in [5, 5.41) is 18.4. The first-order valence-corrected chi connectivity index (χ1v) is 5.01. The molecule has 2 N–H and O–H groups in total. The highest BCUT2D eigenvalue weighted by atomic mass is 19.1. The van der Waals surface area contributed by atoms with E-state index in [9.17, 15) is 14.3 Å². The summed E-state index contributed by atoms with van der Waals surface area (Å²) in [5.41, 5.74) is 0.582. The lowest BCUT2D eigenvalue weighted by Crippen LogP contribution is -2.30. The second kappa shape index (κ2) is 4.09. The van der Waals surface area contributed by atoms with Gasteiger partial charge in [0, 0.05) is 0 Å². The molecule has 0 saturated carbocycles. The van der Waals surface area contributed by atoms with Crippen LogP contribution in [0.2, 0.25) is 0 Å². The van der Waals surface area contributed by atoms with E-state index in [-0.39, 0.29) is 6.54 Å². The first-order valence-electron chi connectivity index (χ1n) is 5.01. The van der Waals surface area contributed by atoms with Gasteiger partial charge in [-0.25, -0.2) is 9.18 Å². The van der Waals surface area contributed by atoms with E-state index in [1.54, 1.807) is 6.07 Å². The molecule has 1 aliphatic rings. The van der Waals surface area contributed by atoms with Gasteiger partial charge in [-0.1, -0.05) is 12.1 Å².